The fourth-order valence-corrected chi connectivity index (χ4v) is 1.87. The summed E-state index contributed by atoms with van der Waals surface area (Å²) >= 11 is 0. The SMILES string of the molecule is CCC(CC#N)n1cnc(-c2cccc([N+](=O)[O-])c2)n1. The third kappa shape index (κ3) is 2.80. The van der Waals surface area contributed by atoms with Crippen LogP contribution in [-0.2, 0) is 0 Å². The topological polar surface area (TPSA) is 97.6 Å². The lowest BCUT2D eigenvalue weighted by Gasteiger charge is -2.09. The first kappa shape index (κ1) is 13.7. The van der Waals surface area contributed by atoms with Crippen molar-refractivity contribution in [2.24, 2.45) is 0 Å². The summed E-state index contributed by atoms with van der Waals surface area (Å²) in [5, 5.41) is 23.8. The van der Waals surface area contributed by atoms with E-state index in [0.717, 1.165) is 6.42 Å². The van der Waals surface area contributed by atoms with Gasteiger partial charge in [-0.25, -0.2) is 9.67 Å². The van der Waals surface area contributed by atoms with Gasteiger partial charge in [-0.1, -0.05) is 19.1 Å². The summed E-state index contributed by atoms with van der Waals surface area (Å²) in [6, 6.07) is 8.26. The lowest BCUT2D eigenvalue weighted by molar-refractivity contribution is -0.384. The molecule has 0 saturated heterocycles. The van der Waals surface area contributed by atoms with Gasteiger partial charge in [-0.2, -0.15) is 10.4 Å². The van der Waals surface area contributed by atoms with Gasteiger partial charge in [0.15, 0.2) is 5.82 Å². The molecule has 0 fully saturated rings. The van der Waals surface area contributed by atoms with Crippen LogP contribution in [0.1, 0.15) is 25.8 Å². The summed E-state index contributed by atoms with van der Waals surface area (Å²) in [6.45, 7) is 1.97. The maximum absolute atomic E-state index is 10.8. The summed E-state index contributed by atoms with van der Waals surface area (Å²) in [7, 11) is 0. The Morgan fingerprint density at radius 2 is 2.35 bits per heavy atom. The predicted molar refractivity (Wildman–Crippen MR) is 71.7 cm³/mol. The monoisotopic (exact) mass is 271 g/mol. The fraction of sp³-hybridized carbons (Fsp3) is 0.308. The van der Waals surface area contributed by atoms with Crippen LogP contribution in [0.5, 0.6) is 0 Å². The van der Waals surface area contributed by atoms with E-state index in [9.17, 15) is 10.1 Å². The number of aromatic nitrogens is 3. The molecule has 1 aromatic carbocycles. The molecule has 2 rings (SSSR count). The molecule has 7 heteroatoms. The quantitative estimate of drug-likeness (QED) is 0.615. The minimum Gasteiger partial charge on any atom is -0.258 e. The van der Waals surface area contributed by atoms with Gasteiger partial charge < -0.3 is 0 Å². The molecule has 2 aromatic rings. The maximum atomic E-state index is 10.8. The standard InChI is InChI=1S/C13H13N5O2/c1-2-11(6-7-14)17-9-15-13(16-17)10-4-3-5-12(8-10)18(19)20/h3-5,8-9,11H,2,6H2,1H3. The number of nitrogens with zero attached hydrogens (tertiary/aromatic N) is 5. The highest BCUT2D eigenvalue weighted by Gasteiger charge is 2.13. The predicted octanol–water partition coefficient (Wildman–Crippen LogP) is 2.72. The Hall–Kier alpha value is -2.75. The van der Waals surface area contributed by atoms with Gasteiger partial charge in [0.05, 0.1) is 23.5 Å². The van der Waals surface area contributed by atoms with E-state index < -0.39 is 4.92 Å². The highest BCUT2D eigenvalue weighted by atomic mass is 16.6. The lowest BCUT2D eigenvalue weighted by Crippen LogP contribution is -2.07. The number of rotatable bonds is 5. The maximum Gasteiger partial charge on any atom is 0.270 e. The van der Waals surface area contributed by atoms with Gasteiger partial charge >= 0.3 is 0 Å². The molecule has 1 atom stereocenters. The molecule has 0 saturated carbocycles. The first-order valence-electron chi connectivity index (χ1n) is 6.18. The normalized spacial score (nSPS) is 11.8. The first-order chi connectivity index (χ1) is 9.65. The Balaban J connectivity index is 2.31. The van der Waals surface area contributed by atoms with Gasteiger partial charge in [-0.3, -0.25) is 10.1 Å². The van der Waals surface area contributed by atoms with E-state index in [1.807, 2.05) is 6.92 Å². The molecule has 0 amide bonds. The molecule has 20 heavy (non-hydrogen) atoms. The molecule has 0 N–H and O–H groups in total. The van der Waals surface area contributed by atoms with E-state index in [2.05, 4.69) is 16.2 Å². The van der Waals surface area contributed by atoms with Crippen molar-refractivity contribution in [2.75, 3.05) is 0 Å². The Kier molecular flexibility index (Phi) is 4.05. The third-order valence-corrected chi connectivity index (χ3v) is 3.00. The van der Waals surface area contributed by atoms with Crippen molar-refractivity contribution in [2.45, 2.75) is 25.8 Å². The molecule has 0 aliphatic carbocycles. The number of non-ortho nitro benzene ring substituents is 1. The Morgan fingerprint density at radius 3 is 3.00 bits per heavy atom. The number of nitro benzene ring substituents is 1. The number of hydrogen-bond acceptors (Lipinski definition) is 5. The Bertz CT molecular complexity index is 659. The van der Waals surface area contributed by atoms with Gasteiger partial charge in [0.1, 0.15) is 6.33 Å². The average molecular weight is 271 g/mol. The number of nitriles is 1. The summed E-state index contributed by atoms with van der Waals surface area (Å²) in [5.41, 5.74) is 0.590. The highest BCUT2D eigenvalue weighted by Crippen LogP contribution is 2.22. The van der Waals surface area contributed by atoms with Gasteiger partial charge in [-0.15, -0.1) is 0 Å². The summed E-state index contributed by atoms with van der Waals surface area (Å²) < 4.78 is 1.64. The van der Waals surface area contributed by atoms with Crippen molar-refractivity contribution in [3.05, 3.63) is 40.7 Å². The molecule has 7 nitrogen and oxygen atoms in total. The highest BCUT2D eigenvalue weighted by molar-refractivity contribution is 5.58. The van der Waals surface area contributed by atoms with E-state index in [1.165, 1.54) is 12.1 Å². The molecule has 1 aromatic heterocycles. The van der Waals surface area contributed by atoms with Crippen LogP contribution < -0.4 is 0 Å². The fourth-order valence-electron chi connectivity index (χ4n) is 1.87. The van der Waals surface area contributed by atoms with E-state index in [4.69, 9.17) is 5.26 Å². The number of nitro groups is 1. The summed E-state index contributed by atoms with van der Waals surface area (Å²) in [4.78, 5) is 14.5. The third-order valence-electron chi connectivity index (χ3n) is 3.00. The van der Waals surface area contributed by atoms with Crippen LogP contribution in [0.2, 0.25) is 0 Å². The van der Waals surface area contributed by atoms with Crippen LogP contribution in [0.3, 0.4) is 0 Å². The zero-order valence-electron chi connectivity index (χ0n) is 10.9. The van der Waals surface area contributed by atoms with Gasteiger partial charge in [0.2, 0.25) is 0 Å². The second-order valence-electron chi connectivity index (χ2n) is 4.28. The molecule has 1 unspecified atom stereocenters. The van der Waals surface area contributed by atoms with E-state index in [1.54, 1.807) is 23.1 Å². The first-order valence-corrected chi connectivity index (χ1v) is 6.18. The van der Waals surface area contributed by atoms with Crippen molar-refractivity contribution < 1.29 is 4.92 Å². The van der Waals surface area contributed by atoms with E-state index >= 15 is 0 Å². The average Bonchev–Trinajstić information content (AvgIpc) is 2.94. The zero-order chi connectivity index (χ0) is 14.5. The molecule has 0 bridgehead atoms. The minimum absolute atomic E-state index is 0.00270. The minimum atomic E-state index is -0.453. The number of hydrogen-bond donors (Lipinski definition) is 0. The Labute approximate surface area is 115 Å². The lowest BCUT2D eigenvalue weighted by atomic mass is 10.2. The van der Waals surface area contributed by atoms with Crippen LogP contribution in [0.25, 0.3) is 11.4 Å². The van der Waals surface area contributed by atoms with Crippen molar-refractivity contribution in [1.29, 1.82) is 5.26 Å². The smallest absolute Gasteiger partial charge is 0.258 e. The van der Waals surface area contributed by atoms with Crippen molar-refractivity contribution in [1.82, 2.24) is 14.8 Å². The van der Waals surface area contributed by atoms with Crippen LogP contribution >= 0.6 is 0 Å². The van der Waals surface area contributed by atoms with Gasteiger partial charge in [0.25, 0.3) is 5.69 Å². The van der Waals surface area contributed by atoms with Crippen LogP contribution in [0, 0.1) is 21.4 Å². The molecule has 102 valence electrons. The zero-order valence-corrected chi connectivity index (χ0v) is 10.9. The van der Waals surface area contributed by atoms with E-state index in [0.29, 0.717) is 17.8 Å². The number of benzene rings is 1. The summed E-state index contributed by atoms with van der Waals surface area (Å²) in [6.07, 6.45) is 2.68. The van der Waals surface area contributed by atoms with Crippen LogP contribution in [-0.4, -0.2) is 19.7 Å². The molecule has 0 spiro atoms. The van der Waals surface area contributed by atoms with Gasteiger partial charge in [0, 0.05) is 17.7 Å². The largest absolute Gasteiger partial charge is 0.270 e. The Morgan fingerprint density at radius 1 is 1.55 bits per heavy atom. The van der Waals surface area contributed by atoms with Crippen molar-refractivity contribution in [3.63, 3.8) is 0 Å². The van der Waals surface area contributed by atoms with Crippen molar-refractivity contribution in [3.8, 4) is 17.5 Å². The molecule has 1 heterocycles. The van der Waals surface area contributed by atoms with Crippen molar-refractivity contribution >= 4 is 5.69 Å². The molecular weight excluding hydrogens is 258 g/mol. The van der Waals surface area contributed by atoms with Crippen LogP contribution in [0.15, 0.2) is 30.6 Å². The second-order valence-corrected chi connectivity index (χ2v) is 4.28. The van der Waals surface area contributed by atoms with Gasteiger partial charge in [-0.05, 0) is 6.42 Å². The molecule has 0 aliphatic rings. The molecule has 0 aliphatic heterocycles. The van der Waals surface area contributed by atoms with E-state index in [-0.39, 0.29) is 11.7 Å². The molecule has 0 radical (unpaired) electrons. The summed E-state index contributed by atoms with van der Waals surface area (Å²) in [5.74, 6) is 0.421. The molecular formula is C13H13N5O2. The second kappa shape index (κ2) is 5.93. The van der Waals surface area contributed by atoms with Crippen LogP contribution in [0.4, 0.5) is 5.69 Å².